The second kappa shape index (κ2) is 11.3. The smallest absolute Gasteiger partial charge is 0.241 e. The number of hydrogen-bond donors (Lipinski definition) is 1. The maximum absolute atomic E-state index is 12.8. The normalized spacial score (nSPS) is 13.5. The van der Waals surface area contributed by atoms with Crippen LogP contribution in [0.5, 0.6) is 11.5 Å². The Morgan fingerprint density at radius 3 is 2.22 bits per heavy atom. The Morgan fingerprint density at radius 2 is 1.58 bits per heavy atom. The molecule has 0 aliphatic carbocycles. The van der Waals surface area contributed by atoms with Crippen molar-refractivity contribution in [3.8, 4) is 11.5 Å². The molecule has 1 aliphatic rings. The second-order valence-corrected chi connectivity index (χ2v) is 10.5. The molecule has 1 aliphatic heterocycles. The van der Waals surface area contributed by atoms with Crippen LogP contribution in [0.3, 0.4) is 0 Å². The Hall–Kier alpha value is -3.85. The molecule has 0 bridgehead atoms. The summed E-state index contributed by atoms with van der Waals surface area (Å²) in [5.41, 5.74) is 2.21. The van der Waals surface area contributed by atoms with E-state index in [2.05, 4.69) is 5.32 Å². The van der Waals surface area contributed by atoms with E-state index in [0.717, 1.165) is 34.7 Å². The number of para-hydroxylation sites is 1. The number of carbonyl (C=O) groups excluding carboxylic acids is 2. The zero-order valence-electron chi connectivity index (χ0n) is 20.1. The minimum atomic E-state index is -3.71. The third kappa shape index (κ3) is 6.63. The van der Waals surface area contributed by atoms with Crippen molar-refractivity contribution in [2.24, 2.45) is 0 Å². The highest BCUT2D eigenvalue weighted by Gasteiger charge is 2.22. The van der Waals surface area contributed by atoms with Crippen molar-refractivity contribution in [1.29, 1.82) is 0 Å². The number of nitrogens with zero attached hydrogens (tertiary/aromatic N) is 2. The summed E-state index contributed by atoms with van der Waals surface area (Å²) in [4.78, 5) is 26.6. The number of benzene rings is 3. The molecule has 0 radical (unpaired) electrons. The predicted octanol–water partition coefficient (Wildman–Crippen LogP) is 3.68. The van der Waals surface area contributed by atoms with Gasteiger partial charge < -0.3 is 15.0 Å². The van der Waals surface area contributed by atoms with E-state index in [9.17, 15) is 18.0 Å². The van der Waals surface area contributed by atoms with Crippen LogP contribution in [0.1, 0.15) is 24.0 Å². The van der Waals surface area contributed by atoms with E-state index in [1.165, 1.54) is 0 Å². The van der Waals surface area contributed by atoms with Crippen LogP contribution in [0.15, 0.2) is 78.9 Å². The summed E-state index contributed by atoms with van der Waals surface area (Å²) in [6, 6.07) is 23.4. The molecule has 1 saturated heterocycles. The van der Waals surface area contributed by atoms with Gasteiger partial charge in [-0.3, -0.25) is 13.9 Å². The van der Waals surface area contributed by atoms with E-state index >= 15 is 0 Å². The van der Waals surface area contributed by atoms with Crippen LogP contribution in [-0.2, 0) is 32.7 Å². The maximum Gasteiger partial charge on any atom is 0.241 e. The first-order valence-corrected chi connectivity index (χ1v) is 13.6. The lowest BCUT2D eigenvalue weighted by Gasteiger charge is -2.22. The Kier molecular flexibility index (Phi) is 7.90. The molecule has 9 heteroatoms. The van der Waals surface area contributed by atoms with E-state index in [1.807, 2.05) is 59.5 Å². The number of amides is 2. The molecule has 3 aromatic rings. The molecule has 36 heavy (non-hydrogen) atoms. The lowest BCUT2D eigenvalue weighted by molar-refractivity contribution is -0.128. The number of likely N-dealkylation sites (tertiary alicyclic amines) is 1. The lowest BCUT2D eigenvalue weighted by Crippen LogP contribution is -2.40. The van der Waals surface area contributed by atoms with Gasteiger partial charge in [0.25, 0.3) is 0 Å². The number of nitrogens with one attached hydrogen (secondary N) is 1. The van der Waals surface area contributed by atoms with Gasteiger partial charge in [-0.2, -0.15) is 0 Å². The van der Waals surface area contributed by atoms with Crippen molar-refractivity contribution in [2.45, 2.75) is 25.9 Å². The number of anilines is 1. The molecule has 0 aromatic heterocycles. The molecule has 3 aromatic carbocycles. The van der Waals surface area contributed by atoms with Crippen LogP contribution in [-0.4, -0.2) is 44.5 Å². The van der Waals surface area contributed by atoms with Gasteiger partial charge in [-0.1, -0.05) is 42.5 Å². The third-order valence-electron chi connectivity index (χ3n) is 5.92. The first-order valence-electron chi connectivity index (χ1n) is 11.7. The molecule has 0 unspecified atom stereocenters. The molecular weight excluding hydrogens is 478 g/mol. The van der Waals surface area contributed by atoms with E-state index in [4.69, 9.17) is 4.74 Å². The number of ether oxygens (including phenoxy) is 1. The Labute approximate surface area is 211 Å². The van der Waals surface area contributed by atoms with E-state index in [-0.39, 0.29) is 19.0 Å². The zero-order valence-corrected chi connectivity index (χ0v) is 20.9. The molecule has 4 rings (SSSR count). The van der Waals surface area contributed by atoms with Crippen molar-refractivity contribution < 1.29 is 22.7 Å². The summed E-state index contributed by atoms with van der Waals surface area (Å²) in [6.45, 7) is 1.11. The quantitative estimate of drug-likeness (QED) is 0.452. The van der Waals surface area contributed by atoms with Crippen LogP contribution in [0, 0.1) is 0 Å². The number of carbonyl (C=O) groups is 2. The highest BCUT2D eigenvalue weighted by atomic mass is 32.2. The fraction of sp³-hybridized carbons (Fsp3) is 0.259. The van der Waals surface area contributed by atoms with Gasteiger partial charge in [0.1, 0.15) is 18.0 Å². The SMILES string of the molecule is CS(=O)(=O)N(CC(=O)NCc1ccccc1CN1CCCC1=O)c1ccc(Oc2ccccc2)cc1. The van der Waals surface area contributed by atoms with E-state index in [1.54, 1.807) is 24.3 Å². The van der Waals surface area contributed by atoms with Gasteiger partial charge in [0.05, 0.1) is 11.9 Å². The second-order valence-electron chi connectivity index (χ2n) is 8.64. The minimum absolute atomic E-state index is 0.137. The van der Waals surface area contributed by atoms with Crippen LogP contribution < -0.4 is 14.4 Å². The average molecular weight is 508 g/mol. The minimum Gasteiger partial charge on any atom is -0.457 e. The van der Waals surface area contributed by atoms with Crippen molar-refractivity contribution in [1.82, 2.24) is 10.2 Å². The summed E-state index contributed by atoms with van der Waals surface area (Å²) in [5, 5.41) is 2.82. The zero-order chi connectivity index (χ0) is 25.5. The van der Waals surface area contributed by atoms with Crippen LogP contribution >= 0.6 is 0 Å². The standard InChI is InChI=1S/C27H29N3O5S/c1-36(33,34)30(23-13-15-25(16-14-23)35-24-10-3-2-4-11-24)20-26(31)28-18-21-8-5-6-9-22(21)19-29-17-7-12-27(29)32/h2-6,8-11,13-16H,7,12,17-20H2,1H3,(H,28,31). The fourth-order valence-electron chi connectivity index (χ4n) is 4.05. The monoisotopic (exact) mass is 507 g/mol. The summed E-state index contributed by atoms with van der Waals surface area (Å²) in [6.07, 6.45) is 2.50. The highest BCUT2D eigenvalue weighted by Crippen LogP contribution is 2.25. The summed E-state index contributed by atoms with van der Waals surface area (Å²) < 4.78 is 31.8. The van der Waals surface area contributed by atoms with Crippen molar-refractivity contribution in [2.75, 3.05) is 23.7 Å². The molecule has 0 saturated carbocycles. The van der Waals surface area contributed by atoms with Crippen LogP contribution in [0.4, 0.5) is 5.69 Å². The first-order chi connectivity index (χ1) is 17.3. The fourth-order valence-corrected chi connectivity index (χ4v) is 4.90. The van der Waals surface area contributed by atoms with E-state index in [0.29, 0.717) is 30.2 Å². The molecule has 1 fully saturated rings. The topological polar surface area (TPSA) is 96.0 Å². The largest absolute Gasteiger partial charge is 0.457 e. The van der Waals surface area contributed by atoms with Gasteiger partial charge in [-0.25, -0.2) is 8.42 Å². The van der Waals surface area contributed by atoms with Gasteiger partial charge >= 0.3 is 0 Å². The molecule has 0 spiro atoms. The van der Waals surface area contributed by atoms with E-state index < -0.39 is 15.9 Å². The van der Waals surface area contributed by atoms with Gasteiger partial charge in [-0.15, -0.1) is 0 Å². The van der Waals surface area contributed by atoms with Crippen molar-refractivity contribution in [3.05, 3.63) is 90.0 Å². The van der Waals surface area contributed by atoms with Gasteiger partial charge in [0.15, 0.2) is 0 Å². The Balaban J connectivity index is 1.40. The van der Waals surface area contributed by atoms with Crippen LogP contribution in [0.2, 0.25) is 0 Å². The summed E-state index contributed by atoms with van der Waals surface area (Å²) in [7, 11) is -3.71. The van der Waals surface area contributed by atoms with Crippen molar-refractivity contribution >= 4 is 27.5 Å². The summed E-state index contributed by atoms with van der Waals surface area (Å²) in [5.74, 6) is 0.921. The predicted molar refractivity (Wildman–Crippen MR) is 138 cm³/mol. The maximum atomic E-state index is 12.8. The molecular formula is C27H29N3O5S. The number of hydrogen-bond acceptors (Lipinski definition) is 5. The van der Waals surface area contributed by atoms with Gasteiger partial charge in [-0.05, 0) is 53.9 Å². The number of rotatable bonds is 10. The van der Waals surface area contributed by atoms with Crippen LogP contribution in [0.25, 0.3) is 0 Å². The Morgan fingerprint density at radius 1 is 0.944 bits per heavy atom. The highest BCUT2D eigenvalue weighted by molar-refractivity contribution is 7.92. The van der Waals surface area contributed by atoms with Gasteiger partial charge in [0, 0.05) is 26.1 Å². The molecule has 1 N–H and O–H groups in total. The molecule has 1 heterocycles. The van der Waals surface area contributed by atoms with Crippen molar-refractivity contribution in [3.63, 3.8) is 0 Å². The van der Waals surface area contributed by atoms with Gasteiger partial charge in [0.2, 0.25) is 21.8 Å². The third-order valence-corrected chi connectivity index (χ3v) is 7.06. The first kappa shape index (κ1) is 25.2. The molecule has 8 nitrogen and oxygen atoms in total. The number of sulfonamides is 1. The molecule has 2 amide bonds. The summed E-state index contributed by atoms with van der Waals surface area (Å²) >= 11 is 0. The Bertz CT molecular complexity index is 1310. The lowest BCUT2D eigenvalue weighted by atomic mass is 10.1. The molecule has 188 valence electrons. The molecule has 0 atom stereocenters. The average Bonchev–Trinajstić information content (AvgIpc) is 3.27.